The number of hydrogen-bond donors (Lipinski definition) is 2. The predicted molar refractivity (Wildman–Crippen MR) is 77.5 cm³/mol. The van der Waals surface area contributed by atoms with Crippen LogP contribution in [0, 0.1) is 0 Å². The molecule has 0 fully saturated rings. The minimum atomic E-state index is -0.434. The Balaban J connectivity index is 2.34. The molecule has 102 valence electrons. The lowest BCUT2D eigenvalue weighted by Crippen LogP contribution is -2.24. The van der Waals surface area contributed by atoms with Gasteiger partial charge in [0.1, 0.15) is 0 Å². The summed E-state index contributed by atoms with van der Waals surface area (Å²) in [6, 6.07) is 7.76. The van der Waals surface area contributed by atoms with Gasteiger partial charge in [0.15, 0.2) is 0 Å². The molecule has 0 aliphatic carbocycles. The molecule has 0 radical (unpaired) electrons. The third kappa shape index (κ3) is 5.96. The smallest absolute Gasteiger partial charge is 0.0802 e. The van der Waals surface area contributed by atoms with Gasteiger partial charge in [-0.1, -0.05) is 28.1 Å². The first-order chi connectivity index (χ1) is 8.49. The SMILES string of the molecule is CC(O)CCN(C)CCC(O)c1cccc(Br)c1. The average Bonchev–Trinajstić information content (AvgIpc) is 2.33. The fourth-order valence-electron chi connectivity index (χ4n) is 1.74. The molecule has 1 aromatic rings. The van der Waals surface area contributed by atoms with Crippen LogP contribution in [0.2, 0.25) is 0 Å². The van der Waals surface area contributed by atoms with Gasteiger partial charge in [-0.15, -0.1) is 0 Å². The molecular weight excluding hydrogens is 294 g/mol. The van der Waals surface area contributed by atoms with Crippen molar-refractivity contribution in [3.8, 4) is 0 Å². The van der Waals surface area contributed by atoms with Gasteiger partial charge in [-0.3, -0.25) is 0 Å². The lowest BCUT2D eigenvalue weighted by molar-refractivity contribution is 0.136. The van der Waals surface area contributed by atoms with Gasteiger partial charge < -0.3 is 15.1 Å². The van der Waals surface area contributed by atoms with E-state index in [9.17, 15) is 10.2 Å². The monoisotopic (exact) mass is 315 g/mol. The maximum absolute atomic E-state index is 10.1. The van der Waals surface area contributed by atoms with E-state index in [0.717, 1.165) is 29.5 Å². The molecule has 0 aromatic heterocycles. The number of aliphatic hydroxyl groups excluding tert-OH is 2. The van der Waals surface area contributed by atoms with Crippen molar-refractivity contribution in [2.24, 2.45) is 0 Å². The number of benzene rings is 1. The Hall–Kier alpha value is -0.420. The molecule has 3 nitrogen and oxygen atoms in total. The van der Waals surface area contributed by atoms with Gasteiger partial charge in [0.05, 0.1) is 12.2 Å². The third-order valence-electron chi connectivity index (χ3n) is 2.95. The number of rotatable bonds is 7. The molecule has 2 atom stereocenters. The van der Waals surface area contributed by atoms with Crippen LogP contribution in [0.1, 0.15) is 31.4 Å². The highest BCUT2D eigenvalue weighted by Crippen LogP contribution is 2.20. The fraction of sp³-hybridized carbons (Fsp3) is 0.571. The van der Waals surface area contributed by atoms with Crippen LogP contribution in [-0.4, -0.2) is 41.4 Å². The standard InChI is InChI=1S/C14H22BrNO2/c1-11(17)6-8-16(2)9-7-14(18)12-4-3-5-13(15)10-12/h3-5,10-11,14,17-18H,6-9H2,1-2H3. The lowest BCUT2D eigenvalue weighted by atomic mass is 10.1. The number of nitrogens with zero attached hydrogens (tertiary/aromatic N) is 1. The van der Waals surface area contributed by atoms with Crippen molar-refractivity contribution in [3.63, 3.8) is 0 Å². The topological polar surface area (TPSA) is 43.7 Å². The van der Waals surface area contributed by atoms with Gasteiger partial charge >= 0.3 is 0 Å². The minimum absolute atomic E-state index is 0.262. The highest BCUT2D eigenvalue weighted by atomic mass is 79.9. The Morgan fingerprint density at radius 3 is 2.50 bits per heavy atom. The number of halogens is 1. The van der Waals surface area contributed by atoms with E-state index in [2.05, 4.69) is 20.8 Å². The van der Waals surface area contributed by atoms with Crippen LogP contribution < -0.4 is 0 Å². The molecule has 18 heavy (non-hydrogen) atoms. The van der Waals surface area contributed by atoms with Gasteiger partial charge in [-0.2, -0.15) is 0 Å². The van der Waals surface area contributed by atoms with Crippen LogP contribution in [0.4, 0.5) is 0 Å². The average molecular weight is 316 g/mol. The summed E-state index contributed by atoms with van der Waals surface area (Å²) in [5.41, 5.74) is 0.938. The van der Waals surface area contributed by atoms with E-state index in [1.807, 2.05) is 31.3 Å². The number of aliphatic hydroxyl groups is 2. The summed E-state index contributed by atoms with van der Waals surface area (Å²) in [5.74, 6) is 0. The molecule has 0 saturated carbocycles. The van der Waals surface area contributed by atoms with E-state index in [1.165, 1.54) is 0 Å². The molecular formula is C14H22BrNO2. The molecule has 0 bridgehead atoms. The summed E-state index contributed by atoms with van der Waals surface area (Å²) < 4.78 is 0.988. The predicted octanol–water partition coefficient (Wildman–Crippen LogP) is 2.58. The zero-order chi connectivity index (χ0) is 13.5. The second-order valence-corrected chi connectivity index (χ2v) is 5.72. The largest absolute Gasteiger partial charge is 0.393 e. The first-order valence-electron chi connectivity index (χ1n) is 6.29. The molecule has 0 aliphatic heterocycles. The Morgan fingerprint density at radius 2 is 1.89 bits per heavy atom. The van der Waals surface area contributed by atoms with Crippen LogP contribution in [-0.2, 0) is 0 Å². The molecule has 0 saturated heterocycles. The summed E-state index contributed by atoms with van der Waals surface area (Å²) >= 11 is 3.40. The van der Waals surface area contributed by atoms with E-state index < -0.39 is 6.10 Å². The normalized spacial score (nSPS) is 14.8. The molecule has 1 aromatic carbocycles. The van der Waals surface area contributed by atoms with Crippen molar-refractivity contribution < 1.29 is 10.2 Å². The van der Waals surface area contributed by atoms with Gasteiger partial charge in [0, 0.05) is 17.6 Å². The highest BCUT2D eigenvalue weighted by Gasteiger charge is 2.09. The summed E-state index contributed by atoms with van der Waals surface area (Å²) in [6.07, 6.45) is 0.773. The van der Waals surface area contributed by atoms with Gasteiger partial charge in [-0.25, -0.2) is 0 Å². The summed E-state index contributed by atoms with van der Waals surface area (Å²) in [6.45, 7) is 3.47. The van der Waals surface area contributed by atoms with E-state index in [-0.39, 0.29) is 6.10 Å². The van der Waals surface area contributed by atoms with E-state index >= 15 is 0 Å². The summed E-state index contributed by atoms with van der Waals surface area (Å²) in [7, 11) is 2.01. The van der Waals surface area contributed by atoms with Crippen molar-refractivity contribution in [1.29, 1.82) is 0 Å². The minimum Gasteiger partial charge on any atom is -0.393 e. The first kappa shape index (κ1) is 15.6. The van der Waals surface area contributed by atoms with Crippen molar-refractivity contribution in [3.05, 3.63) is 34.3 Å². The van der Waals surface area contributed by atoms with Crippen molar-refractivity contribution >= 4 is 15.9 Å². The third-order valence-corrected chi connectivity index (χ3v) is 3.44. The van der Waals surface area contributed by atoms with Crippen LogP contribution in [0.25, 0.3) is 0 Å². The molecule has 0 heterocycles. The molecule has 0 amide bonds. The lowest BCUT2D eigenvalue weighted by Gasteiger charge is -2.19. The molecule has 2 N–H and O–H groups in total. The van der Waals surface area contributed by atoms with Crippen LogP contribution in [0.15, 0.2) is 28.7 Å². The molecule has 4 heteroatoms. The second kappa shape index (κ2) is 7.89. The Kier molecular flexibility index (Phi) is 6.86. The van der Waals surface area contributed by atoms with Crippen molar-refractivity contribution in [1.82, 2.24) is 4.90 Å². The Morgan fingerprint density at radius 1 is 1.22 bits per heavy atom. The van der Waals surface area contributed by atoms with E-state index in [4.69, 9.17) is 0 Å². The van der Waals surface area contributed by atoms with Gasteiger partial charge in [-0.05, 0) is 44.5 Å². The molecule has 1 rings (SSSR count). The summed E-state index contributed by atoms with van der Waals surface area (Å²) in [4.78, 5) is 2.13. The Bertz CT molecular complexity index is 357. The maximum Gasteiger partial charge on any atom is 0.0802 e. The van der Waals surface area contributed by atoms with Gasteiger partial charge in [0.25, 0.3) is 0 Å². The van der Waals surface area contributed by atoms with Crippen molar-refractivity contribution in [2.45, 2.75) is 32.0 Å². The quantitative estimate of drug-likeness (QED) is 0.812. The zero-order valence-corrected chi connectivity index (χ0v) is 12.6. The second-order valence-electron chi connectivity index (χ2n) is 4.80. The van der Waals surface area contributed by atoms with Crippen LogP contribution in [0.5, 0.6) is 0 Å². The fourth-order valence-corrected chi connectivity index (χ4v) is 2.16. The number of hydrogen-bond acceptors (Lipinski definition) is 3. The molecule has 0 aliphatic rings. The van der Waals surface area contributed by atoms with Crippen LogP contribution in [0.3, 0.4) is 0 Å². The van der Waals surface area contributed by atoms with Crippen LogP contribution >= 0.6 is 15.9 Å². The Labute approximate surface area is 118 Å². The highest BCUT2D eigenvalue weighted by molar-refractivity contribution is 9.10. The van der Waals surface area contributed by atoms with Gasteiger partial charge in [0.2, 0.25) is 0 Å². The summed E-state index contributed by atoms with van der Waals surface area (Å²) in [5, 5.41) is 19.3. The van der Waals surface area contributed by atoms with E-state index in [0.29, 0.717) is 6.42 Å². The molecule has 0 spiro atoms. The zero-order valence-electron chi connectivity index (χ0n) is 11.0. The maximum atomic E-state index is 10.1. The molecule has 2 unspecified atom stereocenters. The first-order valence-corrected chi connectivity index (χ1v) is 7.08. The van der Waals surface area contributed by atoms with Crippen molar-refractivity contribution in [2.75, 3.05) is 20.1 Å². The van der Waals surface area contributed by atoms with E-state index in [1.54, 1.807) is 6.92 Å².